The minimum atomic E-state index is -0.972. The highest BCUT2D eigenvalue weighted by molar-refractivity contribution is 5.92. The lowest BCUT2D eigenvalue weighted by Crippen LogP contribution is -2.53. The number of hydrogen-bond acceptors (Lipinski definition) is 2. The predicted molar refractivity (Wildman–Crippen MR) is 76.6 cm³/mol. The summed E-state index contributed by atoms with van der Waals surface area (Å²) in [5, 5.41) is 9.09. The van der Waals surface area contributed by atoms with Crippen LogP contribution in [0.25, 0.3) is 0 Å². The van der Waals surface area contributed by atoms with Crippen LogP contribution in [0.2, 0.25) is 0 Å². The number of likely N-dealkylation sites (N-methyl/N-ethyl adjacent to an activating group) is 1. The molecule has 108 valence electrons. The summed E-state index contributed by atoms with van der Waals surface area (Å²) in [7, 11) is 1.58. The summed E-state index contributed by atoms with van der Waals surface area (Å²) < 4.78 is 0. The van der Waals surface area contributed by atoms with Gasteiger partial charge in [-0.25, -0.2) is 4.79 Å². The van der Waals surface area contributed by atoms with E-state index in [-0.39, 0.29) is 5.91 Å². The maximum atomic E-state index is 12.8. The minimum absolute atomic E-state index is 0.0760. The molecule has 4 heteroatoms. The predicted octanol–water partition coefficient (Wildman–Crippen LogP) is 2.35. The quantitative estimate of drug-likeness (QED) is 0.917. The van der Waals surface area contributed by atoms with Gasteiger partial charge < -0.3 is 10.0 Å². The van der Waals surface area contributed by atoms with Gasteiger partial charge in [0.1, 0.15) is 6.04 Å². The second-order valence-electron chi connectivity index (χ2n) is 5.68. The van der Waals surface area contributed by atoms with Crippen molar-refractivity contribution in [1.82, 2.24) is 4.90 Å². The second-order valence-corrected chi connectivity index (χ2v) is 5.68. The summed E-state index contributed by atoms with van der Waals surface area (Å²) in [6, 6.07) is 7.09. The van der Waals surface area contributed by atoms with Crippen molar-refractivity contribution >= 4 is 11.9 Å². The van der Waals surface area contributed by atoms with Gasteiger partial charge in [-0.2, -0.15) is 0 Å². The molecular weight excluding hydrogens is 254 g/mol. The number of carbonyl (C=O) groups excluding carboxylic acids is 1. The molecule has 0 heterocycles. The maximum Gasteiger partial charge on any atom is 0.326 e. The molecule has 0 bridgehead atoms. The first-order valence-corrected chi connectivity index (χ1v) is 6.96. The lowest BCUT2D eigenvalue weighted by Gasteiger charge is -2.44. The number of hydrogen-bond donors (Lipinski definition) is 1. The Bertz CT molecular complexity index is 534. The van der Waals surface area contributed by atoms with Crippen molar-refractivity contribution in [2.24, 2.45) is 0 Å². The van der Waals surface area contributed by atoms with Gasteiger partial charge in [0.15, 0.2) is 0 Å². The molecule has 0 aromatic heterocycles. The Labute approximate surface area is 119 Å². The molecule has 1 unspecified atom stereocenters. The molecule has 4 nitrogen and oxygen atoms in total. The molecule has 1 fully saturated rings. The van der Waals surface area contributed by atoms with Gasteiger partial charge >= 0.3 is 5.97 Å². The number of nitrogens with zero attached hydrogens (tertiary/aromatic N) is 1. The molecule has 1 aliphatic carbocycles. The second kappa shape index (κ2) is 5.27. The van der Waals surface area contributed by atoms with Crippen molar-refractivity contribution in [2.45, 2.75) is 44.6 Å². The highest BCUT2D eigenvalue weighted by Crippen LogP contribution is 2.46. The third kappa shape index (κ3) is 2.19. The molecule has 1 aliphatic rings. The van der Waals surface area contributed by atoms with E-state index in [1.807, 2.05) is 31.2 Å². The Kier molecular flexibility index (Phi) is 3.84. The normalized spacial score (nSPS) is 17.9. The third-order valence-corrected chi connectivity index (χ3v) is 4.54. The van der Waals surface area contributed by atoms with Gasteiger partial charge in [-0.15, -0.1) is 0 Å². The number of aliphatic carboxylic acids is 1. The molecule has 0 radical (unpaired) electrons. The van der Waals surface area contributed by atoms with Crippen molar-refractivity contribution in [1.29, 1.82) is 0 Å². The van der Waals surface area contributed by atoms with E-state index >= 15 is 0 Å². The SMILES string of the molecule is Cc1ccccc1C1(C(=O)N(C)C(C)C(=O)O)CCC1. The fourth-order valence-corrected chi connectivity index (χ4v) is 2.92. The van der Waals surface area contributed by atoms with E-state index in [0.29, 0.717) is 0 Å². The van der Waals surface area contributed by atoms with Crippen molar-refractivity contribution in [3.63, 3.8) is 0 Å². The zero-order chi connectivity index (χ0) is 14.9. The van der Waals surface area contributed by atoms with E-state index in [4.69, 9.17) is 5.11 Å². The van der Waals surface area contributed by atoms with Crippen LogP contribution in [0.1, 0.15) is 37.3 Å². The van der Waals surface area contributed by atoms with Crippen LogP contribution in [0.15, 0.2) is 24.3 Å². The van der Waals surface area contributed by atoms with Crippen molar-refractivity contribution in [2.75, 3.05) is 7.05 Å². The molecule has 1 saturated carbocycles. The molecule has 1 aromatic rings. The van der Waals surface area contributed by atoms with E-state index in [2.05, 4.69) is 0 Å². The van der Waals surface area contributed by atoms with Gasteiger partial charge in [0, 0.05) is 7.05 Å². The molecule has 1 amide bonds. The van der Waals surface area contributed by atoms with Crippen LogP contribution in [-0.2, 0) is 15.0 Å². The minimum Gasteiger partial charge on any atom is -0.480 e. The van der Waals surface area contributed by atoms with Crippen molar-refractivity contribution < 1.29 is 14.7 Å². The number of carbonyl (C=O) groups is 2. The molecule has 2 rings (SSSR count). The molecule has 0 saturated heterocycles. The van der Waals surface area contributed by atoms with E-state index in [1.165, 1.54) is 4.90 Å². The average molecular weight is 275 g/mol. The lowest BCUT2D eigenvalue weighted by molar-refractivity contribution is -0.152. The first kappa shape index (κ1) is 14.6. The van der Waals surface area contributed by atoms with Crippen LogP contribution in [0, 0.1) is 6.92 Å². The molecule has 1 aromatic carbocycles. The zero-order valence-electron chi connectivity index (χ0n) is 12.2. The number of carboxylic acid groups (broad SMARTS) is 1. The first-order valence-electron chi connectivity index (χ1n) is 6.96. The van der Waals surface area contributed by atoms with Crippen LogP contribution >= 0.6 is 0 Å². The Balaban J connectivity index is 2.35. The Morgan fingerprint density at radius 1 is 1.30 bits per heavy atom. The number of aryl methyl sites for hydroxylation is 1. The fourth-order valence-electron chi connectivity index (χ4n) is 2.92. The summed E-state index contributed by atoms with van der Waals surface area (Å²) >= 11 is 0. The lowest BCUT2D eigenvalue weighted by atomic mass is 9.62. The molecular formula is C16H21NO3. The van der Waals surface area contributed by atoms with Gasteiger partial charge in [0.05, 0.1) is 5.41 Å². The summed E-state index contributed by atoms with van der Waals surface area (Å²) in [4.78, 5) is 25.3. The monoisotopic (exact) mass is 275 g/mol. The van der Waals surface area contributed by atoms with Gasteiger partial charge in [0.25, 0.3) is 0 Å². The summed E-state index contributed by atoms with van der Waals surface area (Å²) in [6.07, 6.45) is 2.61. The highest BCUT2D eigenvalue weighted by Gasteiger charge is 2.48. The smallest absolute Gasteiger partial charge is 0.326 e. The molecule has 1 N–H and O–H groups in total. The molecule has 20 heavy (non-hydrogen) atoms. The van der Waals surface area contributed by atoms with Crippen molar-refractivity contribution in [3.8, 4) is 0 Å². The largest absolute Gasteiger partial charge is 0.480 e. The zero-order valence-corrected chi connectivity index (χ0v) is 12.2. The average Bonchev–Trinajstić information content (AvgIpc) is 2.37. The topological polar surface area (TPSA) is 57.6 Å². The molecule has 1 atom stereocenters. The number of amides is 1. The maximum absolute atomic E-state index is 12.8. The van der Waals surface area contributed by atoms with Gasteiger partial charge in [-0.3, -0.25) is 4.79 Å². The number of benzene rings is 1. The van der Waals surface area contributed by atoms with E-state index in [9.17, 15) is 9.59 Å². The van der Waals surface area contributed by atoms with Crippen LogP contribution < -0.4 is 0 Å². The number of rotatable bonds is 4. The standard InChI is InChI=1S/C16H21NO3/c1-11-7-4-5-8-13(11)16(9-6-10-16)15(20)17(3)12(2)14(18)19/h4-5,7-8,12H,6,9-10H2,1-3H3,(H,18,19). The van der Waals surface area contributed by atoms with Crippen LogP contribution in [0.3, 0.4) is 0 Å². The Morgan fingerprint density at radius 2 is 1.90 bits per heavy atom. The van der Waals surface area contributed by atoms with Gasteiger partial charge in [-0.05, 0) is 37.8 Å². The van der Waals surface area contributed by atoms with Crippen LogP contribution in [0.5, 0.6) is 0 Å². The molecule has 0 spiro atoms. The van der Waals surface area contributed by atoms with Crippen molar-refractivity contribution in [3.05, 3.63) is 35.4 Å². The summed E-state index contributed by atoms with van der Waals surface area (Å²) in [5.74, 6) is -1.05. The van der Waals surface area contributed by atoms with Gasteiger partial charge in [-0.1, -0.05) is 30.7 Å². The van der Waals surface area contributed by atoms with Crippen LogP contribution in [-0.4, -0.2) is 35.0 Å². The van der Waals surface area contributed by atoms with E-state index < -0.39 is 17.4 Å². The summed E-state index contributed by atoms with van der Waals surface area (Å²) in [5.41, 5.74) is 1.61. The number of carboxylic acids is 1. The summed E-state index contributed by atoms with van der Waals surface area (Å²) in [6.45, 7) is 3.55. The fraction of sp³-hybridized carbons (Fsp3) is 0.500. The van der Waals surface area contributed by atoms with E-state index in [1.54, 1.807) is 14.0 Å². The Hall–Kier alpha value is -1.84. The first-order chi connectivity index (χ1) is 9.40. The van der Waals surface area contributed by atoms with E-state index in [0.717, 1.165) is 30.4 Å². The van der Waals surface area contributed by atoms with Crippen LogP contribution in [0.4, 0.5) is 0 Å². The third-order valence-electron chi connectivity index (χ3n) is 4.54. The Morgan fingerprint density at radius 3 is 2.35 bits per heavy atom. The van der Waals surface area contributed by atoms with Gasteiger partial charge in [0.2, 0.25) is 5.91 Å². The highest BCUT2D eigenvalue weighted by atomic mass is 16.4. The molecule has 0 aliphatic heterocycles.